The molecule has 0 spiro atoms. The van der Waals surface area contributed by atoms with Crippen molar-refractivity contribution in [3.8, 4) is 5.75 Å². The van der Waals surface area contributed by atoms with E-state index >= 15 is 0 Å². The number of carbonyl (C=O) groups excluding carboxylic acids is 3. The number of nitrogen functional groups attached to an aromatic ring is 1. The number of epoxide rings is 1. The molecular weight excluding hydrogens is 995 g/mol. The van der Waals surface area contributed by atoms with Crippen molar-refractivity contribution in [3.05, 3.63) is 41.8 Å². The molecule has 31 heteroatoms. The number of anilines is 1. The molecule has 10 N–H and O–H groups in total. The number of amides is 2. The number of aromatic nitrogens is 4. The Labute approximate surface area is 392 Å². The molecular formula is C36H53ClN7O19P3S. The number of hydrogen-bond acceptors (Lipinski definition) is 20. The highest BCUT2D eigenvalue weighted by Gasteiger charge is 2.52. The number of carbonyl (C=O) groups is 3. The van der Waals surface area contributed by atoms with Crippen LogP contribution in [0.1, 0.15) is 58.6 Å². The molecule has 0 radical (unpaired) electrons. The van der Waals surface area contributed by atoms with Crippen LogP contribution in [0.15, 0.2) is 36.8 Å². The predicted octanol–water partition coefficient (Wildman–Crippen LogP) is 2.12. The number of nitrogens with two attached hydrogens (primary N) is 1. The lowest BCUT2D eigenvalue weighted by Crippen LogP contribution is -2.46. The molecule has 4 heterocycles. The Hall–Kier alpha value is -3.17. The fraction of sp³-hybridized carbons (Fsp3) is 0.611. The van der Waals surface area contributed by atoms with E-state index in [9.17, 15) is 57.9 Å². The van der Waals surface area contributed by atoms with Gasteiger partial charge < -0.3 is 60.4 Å². The molecule has 26 nitrogen and oxygen atoms in total. The van der Waals surface area contributed by atoms with Crippen molar-refractivity contribution in [3.63, 3.8) is 0 Å². The molecule has 2 saturated heterocycles. The quantitative estimate of drug-likeness (QED) is 0.0286. The lowest BCUT2D eigenvalue weighted by molar-refractivity contribution is -0.137. The van der Waals surface area contributed by atoms with E-state index in [0.29, 0.717) is 30.4 Å². The molecule has 2 aromatic heterocycles. The first kappa shape index (κ1) is 54.8. The van der Waals surface area contributed by atoms with Crippen LogP contribution in [-0.2, 0) is 55.4 Å². The van der Waals surface area contributed by atoms with Crippen LogP contribution in [0.5, 0.6) is 5.75 Å². The largest absolute Gasteiger partial charge is 0.494 e. The summed E-state index contributed by atoms with van der Waals surface area (Å²) in [6, 6.07) is 7.15. The van der Waals surface area contributed by atoms with Crippen molar-refractivity contribution >= 4 is 80.6 Å². The van der Waals surface area contributed by atoms with E-state index in [1.54, 1.807) is 12.1 Å². The highest BCUT2D eigenvalue weighted by atomic mass is 35.5. The van der Waals surface area contributed by atoms with Gasteiger partial charge in [0.1, 0.15) is 35.7 Å². The van der Waals surface area contributed by atoms with Crippen LogP contribution in [0.2, 0.25) is 5.02 Å². The number of imidazole rings is 1. The van der Waals surface area contributed by atoms with E-state index < -0.39 is 90.2 Å². The van der Waals surface area contributed by atoms with Gasteiger partial charge in [0.25, 0.3) is 0 Å². The van der Waals surface area contributed by atoms with Gasteiger partial charge in [-0.25, -0.2) is 18.7 Å². The standard InChI is InChI=1S/C36H53ClN7O19P3S/c1-35(2,30(47)32(48)40-13-11-26(45)39-14-16-67-34(49)36(20-58-36)12-5-3-4-6-15-57-23-9-7-22(37)8-10-23)19-60-66(55,56)63-65(53,54)59-18-25-29(62-64(50,51)52)28(46)33(61-25)44-21-41-27-24(38)17-42-43-31(27)44/h7-10,17,21,25,28-30,33,46-47H,3-6,11-16,18-20H2,1-2H3,(H2,38,43)(H,39,45)(H,40,48)(H,53,54)(H,55,56)(H2,50,51,52)/t25-,28-,29-,30+,33-,36-/m1/s1. The van der Waals surface area contributed by atoms with Crippen LogP contribution in [0.4, 0.5) is 5.69 Å². The second kappa shape index (κ2) is 23.6. The van der Waals surface area contributed by atoms with Gasteiger partial charge in [0.2, 0.25) is 16.9 Å². The van der Waals surface area contributed by atoms with Gasteiger partial charge in [-0.05, 0) is 43.5 Å². The number of nitrogens with zero attached hydrogens (tertiary/aromatic N) is 4. The average molecular weight is 1050 g/mol. The number of phosphoric ester groups is 3. The number of hydrogen-bond donors (Lipinski definition) is 9. The number of aliphatic hydroxyl groups excluding tert-OH is 2. The number of unbranched alkanes of at least 4 members (excludes halogenated alkanes) is 3. The predicted molar refractivity (Wildman–Crippen MR) is 236 cm³/mol. The second-order valence-electron chi connectivity index (χ2n) is 16.0. The molecule has 2 amide bonds. The summed E-state index contributed by atoms with van der Waals surface area (Å²) in [5.41, 5.74) is 3.59. The van der Waals surface area contributed by atoms with Crippen molar-refractivity contribution < 1.29 is 90.0 Å². The Balaban J connectivity index is 0.965. The topological polar surface area (TPSA) is 385 Å². The van der Waals surface area contributed by atoms with Crippen LogP contribution < -0.4 is 21.1 Å². The lowest BCUT2D eigenvalue weighted by atomic mass is 9.87. The number of phosphoric acid groups is 3. The third kappa shape index (κ3) is 16.5. The number of aliphatic hydroxyl groups is 2. The smallest absolute Gasteiger partial charge is 0.481 e. The number of thioether (sulfide) groups is 1. The van der Waals surface area contributed by atoms with Crippen LogP contribution in [-0.4, -0.2) is 142 Å². The molecule has 0 aliphatic carbocycles. The van der Waals surface area contributed by atoms with Gasteiger partial charge in [0.05, 0.1) is 44.6 Å². The van der Waals surface area contributed by atoms with E-state index in [2.05, 4.69) is 34.6 Å². The first-order chi connectivity index (χ1) is 31.4. The van der Waals surface area contributed by atoms with Crippen LogP contribution in [0.25, 0.3) is 11.2 Å². The molecule has 1 aromatic carbocycles. The van der Waals surface area contributed by atoms with Crippen molar-refractivity contribution in [2.24, 2.45) is 5.41 Å². The molecule has 374 valence electrons. The van der Waals surface area contributed by atoms with Crippen LogP contribution in [0.3, 0.4) is 0 Å². The summed E-state index contributed by atoms with van der Waals surface area (Å²) in [5, 5.41) is 34.6. The van der Waals surface area contributed by atoms with Crippen molar-refractivity contribution in [1.82, 2.24) is 30.4 Å². The number of fused-ring (bicyclic) bond motifs is 1. The summed E-state index contributed by atoms with van der Waals surface area (Å²) in [4.78, 5) is 81.3. The van der Waals surface area contributed by atoms with Crippen molar-refractivity contribution in [2.45, 2.75) is 88.6 Å². The average Bonchev–Trinajstić information content (AvgIpc) is 3.83. The molecule has 67 heavy (non-hydrogen) atoms. The first-order valence-corrected chi connectivity index (χ1v) is 26.4. The number of halogens is 1. The summed E-state index contributed by atoms with van der Waals surface area (Å²) in [6.45, 7) is 1.32. The molecule has 3 aromatic rings. The van der Waals surface area contributed by atoms with Crippen LogP contribution >= 0.6 is 46.8 Å². The van der Waals surface area contributed by atoms with Gasteiger partial charge in [-0.2, -0.15) is 9.41 Å². The normalized spacial score (nSPS) is 23.0. The van der Waals surface area contributed by atoms with Crippen molar-refractivity contribution in [2.75, 3.05) is 51.0 Å². The zero-order valence-electron chi connectivity index (χ0n) is 36.0. The zero-order chi connectivity index (χ0) is 49.2. The molecule has 2 fully saturated rings. The molecule has 2 unspecified atom stereocenters. The summed E-state index contributed by atoms with van der Waals surface area (Å²) >= 11 is 6.94. The van der Waals surface area contributed by atoms with Gasteiger partial charge in [0.15, 0.2) is 17.5 Å². The van der Waals surface area contributed by atoms with Gasteiger partial charge >= 0.3 is 23.5 Å². The minimum Gasteiger partial charge on any atom is -0.494 e. The third-order valence-corrected chi connectivity index (χ3v) is 14.6. The molecule has 0 bridgehead atoms. The zero-order valence-corrected chi connectivity index (χ0v) is 40.3. The maximum Gasteiger partial charge on any atom is 0.481 e. The summed E-state index contributed by atoms with van der Waals surface area (Å²) in [7, 11) is -16.5. The van der Waals surface area contributed by atoms with Gasteiger partial charge in [-0.3, -0.25) is 32.5 Å². The first-order valence-electron chi connectivity index (χ1n) is 20.5. The van der Waals surface area contributed by atoms with Gasteiger partial charge in [-0.1, -0.05) is 50.1 Å². The van der Waals surface area contributed by atoms with Gasteiger partial charge in [-0.15, -0.1) is 5.10 Å². The molecule has 8 atom stereocenters. The second-order valence-corrected chi connectivity index (χ2v) is 21.7. The minimum atomic E-state index is -5.59. The van der Waals surface area contributed by atoms with E-state index in [-0.39, 0.29) is 41.5 Å². The highest BCUT2D eigenvalue weighted by molar-refractivity contribution is 8.13. The Morgan fingerprint density at radius 2 is 1.73 bits per heavy atom. The van der Waals surface area contributed by atoms with E-state index in [1.165, 1.54) is 20.0 Å². The molecule has 2 aliphatic rings. The number of rotatable bonds is 28. The fourth-order valence-electron chi connectivity index (χ4n) is 6.44. The van der Waals surface area contributed by atoms with Crippen LogP contribution in [0, 0.1) is 5.41 Å². The molecule has 5 rings (SSSR count). The van der Waals surface area contributed by atoms with E-state index in [0.717, 1.165) is 54.1 Å². The minimum absolute atomic E-state index is 0.0223. The maximum atomic E-state index is 12.8. The number of benzene rings is 1. The Morgan fingerprint density at radius 1 is 1.04 bits per heavy atom. The monoisotopic (exact) mass is 1050 g/mol. The molecule has 2 aliphatic heterocycles. The Bertz CT molecular complexity index is 2320. The van der Waals surface area contributed by atoms with E-state index in [4.69, 9.17) is 40.6 Å². The fourth-order valence-corrected chi connectivity index (χ4v) is 10.3. The number of ether oxygens (including phenoxy) is 3. The third-order valence-electron chi connectivity index (χ3n) is 10.2. The van der Waals surface area contributed by atoms with Crippen molar-refractivity contribution in [1.29, 1.82) is 0 Å². The van der Waals surface area contributed by atoms with E-state index in [1.807, 2.05) is 12.1 Å². The maximum absolute atomic E-state index is 12.8. The molecule has 0 saturated carbocycles. The Morgan fingerprint density at radius 3 is 2.42 bits per heavy atom. The SMILES string of the molecule is CC(C)(COP(=O)(O)OP(=O)(O)OC[C@H]1O[C@@H](n2cnc3c(N)cnnc32)[C@H](O)[C@@H]1OP(=O)(O)O)[C@@H](O)C(=O)NCCC(=O)NCCSC(=O)[C@@]1(CCCCCCOc2ccc(Cl)cc2)CO1. The summed E-state index contributed by atoms with van der Waals surface area (Å²) in [6.07, 6.45) is -2.78. The lowest BCUT2D eigenvalue weighted by Gasteiger charge is -2.30. The summed E-state index contributed by atoms with van der Waals surface area (Å²) < 4.78 is 73.6. The highest BCUT2D eigenvalue weighted by Crippen LogP contribution is 2.61. The van der Waals surface area contributed by atoms with Gasteiger partial charge in [0, 0.05) is 35.7 Å². The summed E-state index contributed by atoms with van der Waals surface area (Å²) in [5.74, 6) is -0.399. The Kier molecular flexibility index (Phi) is 19.3. The number of nitrogens with one attached hydrogen (secondary N) is 2.